The molecular formula is C18H24N2O5S. The summed E-state index contributed by atoms with van der Waals surface area (Å²) in [6.07, 6.45) is 0. The van der Waals surface area contributed by atoms with Gasteiger partial charge in [-0.25, -0.2) is 14.6 Å². The number of thiophene rings is 1. The van der Waals surface area contributed by atoms with Gasteiger partial charge in [0.05, 0.1) is 10.4 Å². The van der Waals surface area contributed by atoms with Gasteiger partial charge in [0.25, 0.3) is 0 Å². The summed E-state index contributed by atoms with van der Waals surface area (Å²) in [5.41, 5.74) is 1.12. The Bertz CT molecular complexity index is 817. The Kier molecular flexibility index (Phi) is 5.04. The van der Waals surface area contributed by atoms with Gasteiger partial charge in [-0.2, -0.15) is 0 Å². The number of hydrogen-bond donors (Lipinski definition) is 2. The third-order valence-electron chi connectivity index (χ3n) is 3.22. The van der Waals surface area contributed by atoms with Crippen molar-refractivity contribution in [1.29, 1.82) is 0 Å². The van der Waals surface area contributed by atoms with Crippen molar-refractivity contribution in [2.45, 2.75) is 58.3 Å². The van der Waals surface area contributed by atoms with Crippen LogP contribution >= 0.6 is 11.3 Å². The highest BCUT2D eigenvalue weighted by atomic mass is 32.1. The van der Waals surface area contributed by atoms with Gasteiger partial charge < -0.3 is 20.3 Å². The molecule has 0 aliphatic carbocycles. The number of nitrogens with zero attached hydrogens (tertiary/aromatic N) is 1. The van der Waals surface area contributed by atoms with Crippen LogP contribution in [-0.2, 0) is 24.7 Å². The second kappa shape index (κ2) is 6.51. The highest BCUT2D eigenvalue weighted by molar-refractivity contribution is 7.17. The maximum absolute atomic E-state index is 12.7. The highest BCUT2D eigenvalue weighted by Crippen LogP contribution is 2.33. The molecule has 2 heterocycles. The van der Waals surface area contributed by atoms with Crippen molar-refractivity contribution in [2.24, 2.45) is 0 Å². The van der Waals surface area contributed by atoms with Gasteiger partial charge in [-0.1, -0.05) is 0 Å². The van der Waals surface area contributed by atoms with Crippen LogP contribution in [0.15, 0.2) is 17.5 Å². The van der Waals surface area contributed by atoms with Gasteiger partial charge in [0.1, 0.15) is 17.0 Å². The SMILES string of the molecule is CC(C)(C)OC(=O)C(O)(C(=O)OC(C)(C)C)c1cc2ccsc2c(N)n1. The fourth-order valence-corrected chi connectivity index (χ4v) is 2.96. The Morgan fingerprint density at radius 3 is 2.04 bits per heavy atom. The van der Waals surface area contributed by atoms with Crippen LogP contribution in [0.25, 0.3) is 10.1 Å². The van der Waals surface area contributed by atoms with E-state index < -0.39 is 28.7 Å². The van der Waals surface area contributed by atoms with E-state index in [0.29, 0.717) is 10.1 Å². The molecule has 0 aliphatic heterocycles. The maximum Gasteiger partial charge on any atom is 0.357 e. The van der Waals surface area contributed by atoms with Gasteiger partial charge in [-0.05, 0) is 64.4 Å². The zero-order chi connectivity index (χ0) is 19.9. The second-order valence-electron chi connectivity index (χ2n) is 7.95. The first-order valence-corrected chi connectivity index (χ1v) is 8.95. The fraction of sp³-hybridized carbons (Fsp3) is 0.500. The molecule has 142 valence electrons. The van der Waals surface area contributed by atoms with E-state index in [1.807, 2.05) is 0 Å². The molecule has 3 N–H and O–H groups in total. The van der Waals surface area contributed by atoms with Crippen molar-refractivity contribution in [1.82, 2.24) is 4.98 Å². The number of aliphatic hydroxyl groups is 1. The molecule has 0 spiro atoms. The Morgan fingerprint density at radius 1 is 1.08 bits per heavy atom. The monoisotopic (exact) mass is 380 g/mol. The van der Waals surface area contributed by atoms with Crippen molar-refractivity contribution < 1.29 is 24.2 Å². The molecular weight excluding hydrogens is 356 g/mol. The van der Waals surface area contributed by atoms with Crippen LogP contribution in [0.2, 0.25) is 0 Å². The summed E-state index contributed by atoms with van der Waals surface area (Å²) in [4.78, 5) is 29.6. The Balaban J connectivity index is 2.61. The Morgan fingerprint density at radius 2 is 1.58 bits per heavy atom. The number of carbonyl (C=O) groups is 2. The van der Waals surface area contributed by atoms with Gasteiger partial charge in [-0.3, -0.25) is 0 Å². The minimum absolute atomic E-state index is 0.109. The smallest absolute Gasteiger partial charge is 0.357 e. The van der Waals surface area contributed by atoms with Gasteiger partial charge in [-0.15, -0.1) is 11.3 Å². The van der Waals surface area contributed by atoms with E-state index in [9.17, 15) is 14.7 Å². The molecule has 2 rings (SSSR count). The molecule has 0 saturated carbocycles. The molecule has 26 heavy (non-hydrogen) atoms. The van der Waals surface area contributed by atoms with Crippen molar-refractivity contribution >= 4 is 39.2 Å². The first-order valence-electron chi connectivity index (χ1n) is 8.07. The maximum atomic E-state index is 12.7. The molecule has 0 aromatic carbocycles. The normalized spacial score (nSPS) is 12.9. The molecule has 0 fully saturated rings. The highest BCUT2D eigenvalue weighted by Gasteiger charge is 2.53. The summed E-state index contributed by atoms with van der Waals surface area (Å²) in [7, 11) is 0. The lowest BCUT2D eigenvalue weighted by Crippen LogP contribution is -2.50. The van der Waals surface area contributed by atoms with E-state index in [4.69, 9.17) is 15.2 Å². The largest absolute Gasteiger partial charge is 0.457 e. The Hall–Kier alpha value is -2.19. The van der Waals surface area contributed by atoms with Crippen LogP contribution in [0.1, 0.15) is 47.2 Å². The molecule has 0 radical (unpaired) electrons. The number of anilines is 1. The third-order valence-corrected chi connectivity index (χ3v) is 4.17. The number of nitrogens with two attached hydrogens (primary N) is 1. The van der Waals surface area contributed by atoms with Gasteiger partial charge in [0.15, 0.2) is 0 Å². The van der Waals surface area contributed by atoms with Crippen molar-refractivity contribution in [3.63, 3.8) is 0 Å². The van der Waals surface area contributed by atoms with Crippen LogP contribution in [0.3, 0.4) is 0 Å². The topological polar surface area (TPSA) is 112 Å². The molecule has 8 heteroatoms. The zero-order valence-electron chi connectivity index (χ0n) is 15.7. The molecule has 7 nitrogen and oxygen atoms in total. The van der Waals surface area contributed by atoms with Crippen LogP contribution < -0.4 is 5.73 Å². The number of aromatic nitrogens is 1. The second-order valence-corrected chi connectivity index (χ2v) is 8.86. The number of ether oxygens (including phenoxy) is 2. The summed E-state index contributed by atoms with van der Waals surface area (Å²) in [5, 5.41) is 13.6. The standard InChI is InChI=1S/C18H24N2O5S/c1-16(2,3)24-14(21)18(23,15(22)25-17(4,5)6)11-9-10-7-8-26-12(10)13(19)20-11/h7-9,23H,1-6H3,(H2,19,20). The number of nitrogen functional groups attached to an aromatic ring is 1. The number of fused-ring (bicyclic) bond motifs is 1. The van der Waals surface area contributed by atoms with Crippen molar-refractivity contribution in [3.05, 3.63) is 23.2 Å². The van der Waals surface area contributed by atoms with E-state index in [-0.39, 0.29) is 11.5 Å². The fourth-order valence-electron chi connectivity index (χ4n) is 2.18. The zero-order valence-corrected chi connectivity index (χ0v) is 16.6. The van der Waals surface area contributed by atoms with Gasteiger partial charge in [0, 0.05) is 0 Å². The average molecular weight is 380 g/mol. The van der Waals surface area contributed by atoms with Crippen LogP contribution in [-0.4, -0.2) is 33.2 Å². The summed E-state index contributed by atoms with van der Waals surface area (Å²) in [6.45, 7) is 9.78. The summed E-state index contributed by atoms with van der Waals surface area (Å²) in [6, 6.07) is 3.20. The predicted molar refractivity (Wildman–Crippen MR) is 99.6 cm³/mol. The predicted octanol–water partition coefficient (Wildman–Crippen LogP) is 2.75. The van der Waals surface area contributed by atoms with Crippen LogP contribution in [0, 0.1) is 0 Å². The molecule has 2 aromatic heterocycles. The summed E-state index contributed by atoms with van der Waals surface area (Å²) >= 11 is 1.37. The molecule has 0 saturated heterocycles. The number of hydrogen-bond acceptors (Lipinski definition) is 8. The quantitative estimate of drug-likeness (QED) is 0.622. The minimum Gasteiger partial charge on any atom is -0.457 e. The lowest BCUT2D eigenvalue weighted by Gasteiger charge is -2.31. The Labute approximate surface area is 156 Å². The van der Waals surface area contributed by atoms with E-state index in [2.05, 4.69) is 4.98 Å². The lowest BCUT2D eigenvalue weighted by molar-refractivity contribution is -0.198. The number of carbonyl (C=O) groups excluding carboxylic acids is 2. The van der Waals surface area contributed by atoms with Crippen LogP contribution in [0.5, 0.6) is 0 Å². The summed E-state index contributed by atoms with van der Waals surface area (Å²) in [5.74, 6) is -2.22. The van der Waals surface area contributed by atoms with E-state index in [1.54, 1.807) is 53.0 Å². The van der Waals surface area contributed by atoms with E-state index in [0.717, 1.165) is 0 Å². The van der Waals surface area contributed by atoms with Crippen molar-refractivity contribution in [2.75, 3.05) is 5.73 Å². The third kappa shape index (κ3) is 4.13. The molecule has 0 aliphatic rings. The average Bonchev–Trinajstić information content (AvgIpc) is 2.91. The van der Waals surface area contributed by atoms with Crippen LogP contribution in [0.4, 0.5) is 5.82 Å². The molecule has 0 bridgehead atoms. The summed E-state index contributed by atoms with van der Waals surface area (Å²) < 4.78 is 11.2. The van der Waals surface area contributed by atoms with Crippen molar-refractivity contribution in [3.8, 4) is 0 Å². The number of esters is 2. The van der Waals surface area contributed by atoms with Gasteiger partial charge in [0.2, 0.25) is 0 Å². The van der Waals surface area contributed by atoms with E-state index in [1.165, 1.54) is 17.4 Å². The number of rotatable bonds is 3. The number of pyridine rings is 1. The molecule has 0 amide bonds. The first kappa shape index (κ1) is 20.1. The molecule has 0 unspecified atom stereocenters. The lowest BCUT2D eigenvalue weighted by atomic mass is 9.97. The first-order chi connectivity index (χ1) is 11.7. The van der Waals surface area contributed by atoms with E-state index >= 15 is 0 Å². The molecule has 0 atom stereocenters. The molecule has 2 aromatic rings. The van der Waals surface area contributed by atoms with Gasteiger partial charge >= 0.3 is 17.5 Å². The minimum atomic E-state index is -2.73.